The van der Waals surface area contributed by atoms with Gasteiger partial charge in [-0.2, -0.15) is 0 Å². The Hall–Kier alpha value is -0.970. The maximum atomic E-state index is 12.2. The zero-order chi connectivity index (χ0) is 16.0. The molecule has 2 N–H and O–H groups in total. The smallest absolute Gasteiger partial charge is 0.247 e. The Balaban J connectivity index is 2.02. The number of carbonyl (C=O) groups excluding carboxylic acids is 1. The van der Waals surface area contributed by atoms with Gasteiger partial charge in [-0.15, -0.1) is 0 Å². The highest BCUT2D eigenvalue weighted by molar-refractivity contribution is 6.42. The topological polar surface area (TPSA) is 46.3 Å². The fourth-order valence-corrected chi connectivity index (χ4v) is 3.32. The number of carbonyl (C=O) groups is 1. The molecule has 1 amide bonds. The van der Waals surface area contributed by atoms with Gasteiger partial charge in [0, 0.05) is 15.7 Å². The third kappa shape index (κ3) is 2.57. The van der Waals surface area contributed by atoms with E-state index in [2.05, 4.69) is 0 Å². The molecule has 3 nitrogen and oxygen atoms in total. The summed E-state index contributed by atoms with van der Waals surface area (Å²) in [6, 6.07) is 9.07. The van der Waals surface area contributed by atoms with E-state index in [0.29, 0.717) is 25.8 Å². The molecule has 1 aliphatic heterocycles. The third-order valence-electron chi connectivity index (χ3n) is 3.60. The number of anilines is 1. The lowest BCUT2D eigenvalue weighted by molar-refractivity contribution is -0.126. The van der Waals surface area contributed by atoms with Gasteiger partial charge in [0.15, 0.2) is 0 Å². The molecule has 2 atom stereocenters. The molecule has 7 heteroatoms. The van der Waals surface area contributed by atoms with E-state index in [1.54, 1.807) is 41.3 Å². The van der Waals surface area contributed by atoms with Gasteiger partial charge in [-0.1, -0.05) is 52.5 Å². The number of hydrogen-bond acceptors (Lipinski definition) is 2. The number of benzene rings is 2. The van der Waals surface area contributed by atoms with E-state index in [1.165, 1.54) is 0 Å². The number of β-lactam (4-membered cyclic amide) rings is 1. The molecule has 114 valence electrons. The number of hydrogen-bond donors (Lipinski definition) is 1. The van der Waals surface area contributed by atoms with Crippen molar-refractivity contribution in [3.05, 3.63) is 62.1 Å². The summed E-state index contributed by atoms with van der Waals surface area (Å²) in [4.78, 5) is 13.7. The summed E-state index contributed by atoms with van der Waals surface area (Å²) in [5.41, 5.74) is 7.32. The second-order valence-corrected chi connectivity index (χ2v) is 6.60. The summed E-state index contributed by atoms with van der Waals surface area (Å²) in [5.74, 6) is -0.200. The highest BCUT2D eigenvalue weighted by Gasteiger charge is 2.47. The van der Waals surface area contributed by atoms with Crippen LogP contribution in [0.25, 0.3) is 0 Å². The molecule has 2 aromatic rings. The zero-order valence-electron chi connectivity index (χ0n) is 11.1. The largest absolute Gasteiger partial charge is 0.318 e. The highest BCUT2D eigenvalue weighted by Crippen LogP contribution is 2.42. The van der Waals surface area contributed by atoms with E-state index in [4.69, 9.17) is 52.1 Å². The average Bonchev–Trinajstić information content (AvgIpc) is 2.48. The fourth-order valence-electron chi connectivity index (χ4n) is 2.51. The Kier molecular flexibility index (Phi) is 4.27. The van der Waals surface area contributed by atoms with Crippen LogP contribution in [0.3, 0.4) is 0 Å². The van der Waals surface area contributed by atoms with Crippen molar-refractivity contribution in [1.82, 2.24) is 0 Å². The molecule has 0 aliphatic carbocycles. The molecule has 0 unspecified atom stereocenters. The molecule has 0 spiro atoms. The lowest BCUT2D eigenvalue weighted by atomic mass is 9.88. The van der Waals surface area contributed by atoms with Gasteiger partial charge in [0.1, 0.15) is 6.04 Å². The molecule has 2 aromatic carbocycles. The van der Waals surface area contributed by atoms with Gasteiger partial charge in [-0.25, -0.2) is 0 Å². The standard InChI is InChI=1S/C15H10Cl4N2O/c16-7-1-3-9(11(18)5-7)14-13(20)15(22)21(14)8-2-4-10(17)12(19)6-8/h1-6,13-14H,20H2/t13-,14+/m1/s1. The summed E-state index contributed by atoms with van der Waals surface area (Å²) in [7, 11) is 0. The van der Waals surface area contributed by atoms with Crippen LogP contribution in [0.2, 0.25) is 20.1 Å². The molecular weight excluding hydrogens is 366 g/mol. The molecule has 1 fully saturated rings. The van der Waals surface area contributed by atoms with Gasteiger partial charge in [0.05, 0.1) is 16.1 Å². The first-order valence-electron chi connectivity index (χ1n) is 6.39. The minimum absolute atomic E-state index is 0.200. The first-order valence-corrected chi connectivity index (χ1v) is 7.90. The summed E-state index contributed by atoms with van der Waals surface area (Å²) in [6.45, 7) is 0. The van der Waals surface area contributed by atoms with Gasteiger partial charge < -0.3 is 10.6 Å². The minimum atomic E-state index is -0.659. The van der Waals surface area contributed by atoms with Crippen LogP contribution in [0.4, 0.5) is 5.69 Å². The van der Waals surface area contributed by atoms with Crippen LogP contribution < -0.4 is 10.6 Å². The fraction of sp³-hybridized carbons (Fsp3) is 0.133. The second-order valence-electron chi connectivity index (χ2n) is 4.94. The van der Waals surface area contributed by atoms with E-state index >= 15 is 0 Å². The summed E-state index contributed by atoms with van der Waals surface area (Å²) in [6.07, 6.45) is 0. The summed E-state index contributed by atoms with van der Waals surface area (Å²) in [5, 5.41) is 1.77. The Morgan fingerprint density at radius 2 is 1.64 bits per heavy atom. The molecule has 3 rings (SSSR count). The van der Waals surface area contributed by atoms with E-state index in [0.717, 1.165) is 5.56 Å². The highest BCUT2D eigenvalue weighted by atomic mass is 35.5. The third-order valence-corrected chi connectivity index (χ3v) is 4.90. The molecule has 1 aliphatic rings. The van der Waals surface area contributed by atoms with Crippen molar-refractivity contribution in [3.63, 3.8) is 0 Å². The van der Waals surface area contributed by atoms with Crippen LogP contribution in [-0.4, -0.2) is 11.9 Å². The lowest BCUT2D eigenvalue weighted by Crippen LogP contribution is -2.63. The Morgan fingerprint density at radius 3 is 2.27 bits per heavy atom. The van der Waals surface area contributed by atoms with Crippen LogP contribution in [0, 0.1) is 0 Å². The Bertz CT molecular complexity index is 765. The molecular formula is C15H10Cl4N2O. The van der Waals surface area contributed by atoms with Crippen LogP contribution in [-0.2, 0) is 4.79 Å². The van der Waals surface area contributed by atoms with Crippen molar-refractivity contribution in [1.29, 1.82) is 0 Å². The van der Waals surface area contributed by atoms with Gasteiger partial charge >= 0.3 is 0 Å². The van der Waals surface area contributed by atoms with Gasteiger partial charge in [0.25, 0.3) is 0 Å². The molecule has 1 saturated heterocycles. The van der Waals surface area contributed by atoms with Crippen molar-refractivity contribution < 1.29 is 4.79 Å². The van der Waals surface area contributed by atoms with Gasteiger partial charge in [-0.3, -0.25) is 4.79 Å². The van der Waals surface area contributed by atoms with E-state index in [9.17, 15) is 4.79 Å². The van der Waals surface area contributed by atoms with Crippen molar-refractivity contribution in [2.75, 3.05) is 4.90 Å². The van der Waals surface area contributed by atoms with E-state index < -0.39 is 6.04 Å². The van der Waals surface area contributed by atoms with Gasteiger partial charge in [-0.05, 0) is 35.9 Å². The van der Waals surface area contributed by atoms with Crippen LogP contribution in [0.1, 0.15) is 11.6 Å². The zero-order valence-corrected chi connectivity index (χ0v) is 14.1. The van der Waals surface area contributed by atoms with Crippen LogP contribution in [0.5, 0.6) is 0 Å². The molecule has 0 saturated carbocycles. The number of amides is 1. The second kappa shape index (κ2) is 5.91. The van der Waals surface area contributed by atoms with Crippen molar-refractivity contribution in [3.8, 4) is 0 Å². The minimum Gasteiger partial charge on any atom is -0.318 e. The predicted molar refractivity (Wildman–Crippen MR) is 91.1 cm³/mol. The van der Waals surface area contributed by atoms with E-state index in [-0.39, 0.29) is 11.9 Å². The first-order chi connectivity index (χ1) is 10.4. The average molecular weight is 376 g/mol. The van der Waals surface area contributed by atoms with Gasteiger partial charge in [0.2, 0.25) is 5.91 Å². The molecule has 0 bridgehead atoms. The number of nitrogens with zero attached hydrogens (tertiary/aromatic N) is 1. The molecule has 22 heavy (non-hydrogen) atoms. The summed E-state index contributed by atoms with van der Waals surface area (Å²) < 4.78 is 0. The van der Waals surface area contributed by atoms with Crippen LogP contribution in [0.15, 0.2) is 36.4 Å². The number of nitrogens with two attached hydrogens (primary N) is 1. The number of halogens is 4. The van der Waals surface area contributed by atoms with Crippen LogP contribution >= 0.6 is 46.4 Å². The molecule has 1 heterocycles. The van der Waals surface area contributed by atoms with E-state index in [1.807, 2.05) is 0 Å². The Morgan fingerprint density at radius 1 is 0.909 bits per heavy atom. The monoisotopic (exact) mass is 374 g/mol. The summed E-state index contributed by atoms with van der Waals surface area (Å²) >= 11 is 24.1. The maximum Gasteiger partial charge on any atom is 0.247 e. The molecule has 0 radical (unpaired) electrons. The lowest BCUT2D eigenvalue weighted by Gasteiger charge is -2.46. The van der Waals surface area contributed by atoms with Crippen molar-refractivity contribution in [2.45, 2.75) is 12.1 Å². The predicted octanol–water partition coefficient (Wildman–Crippen LogP) is 4.72. The SMILES string of the molecule is N[C@H]1C(=O)N(c2ccc(Cl)c(Cl)c2)[C@H]1c1ccc(Cl)cc1Cl. The first kappa shape index (κ1) is 15.9. The maximum absolute atomic E-state index is 12.2. The number of rotatable bonds is 2. The van der Waals surface area contributed by atoms with Crippen molar-refractivity contribution in [2.24, 2.45) is 5.73 Å². The normalized spacial score (nSPS) is 21.0. The Labute approximate surface area is 147 Å². The van der Waals surface area contributed by atoms with Crippen molar-refractivity contribution >= 4 is 58.0 Å². The quantitative estimate of drug-likeness (QED) is 0.772. The molecule has 0 aromatic heterocycles.